The molecule has 0 saturated carbocycles. The summed E-state index contributed by atoms with van der Waals surface area (Å²) in [5, 5.41) is 9.48. The first-order valence-electron chi connectivity index (χ1n) is 9.84. The zero-order chi connectivity index (χ0) is 23.3. The van der Waals surface area contributed by atoms with E-state index in [0.717, 1.165) is 11.9 Å². The van der Waals surface area contributed by atoms with Crippen molar-refractivity contribution in [2.45, 2.75) is 31.5 Å². The van der Waals surface area contributed by atoms with Crippen molar-refractivity contribution in [1.82, 2.24) is 10.2 Å². The Labute approximate surface area is 186 Å². The molecule has 3 aromatic rings. The van der Waals surface area contributed by atoms with E-state index >= 15 is 0 Å². The van der Waals surface area contributed by atoms with Crippen molar-refractivity contribution in [2.24, 2.45) is 0 Å². The third-order valence-electron chi connectivity index (χ3n) is 4.44. The van der Waals surface area contributed by atoms with Crippen molar-refractivity contribution in [1.29, 1.82) is 0 Å². The molecule has 0 aliphatic heterocycles. The van der Waals surface area contributed by atoms with Gasteiger partial charge in [-0.05, 0) is 43.3 Å². The summed E-state index contributed by atoms with van der Waals surface area (Å²) in [6.07, 6.45) is 1.24. The van der Waals surface area contributed by atoms with E-state index in [2.05, 4.69) is 15.5 Å². The molecule has 0 aliphatic rings. The maximum atomic E-state index is 12.8. The van der Waals surface area contributed by atoms with E-state index in [1.165, 1.54) is 19.2 Å². The molecule has 0 fully saturated rings. The summed E-state index contributed by atoms with van der Waals surface area (Å²) >= 11 is 0. The highest BCUT2D eigenvalue weighted by atomic mass is 32.2. The number of methoxy groups -OCH3 is 1. The summed E-state index contributed by atoms with van der Waals surface area (Å²) in [6, 6.07) is 12.5. The summed E-state index contributed by atoms with van der Waals surface area (Å²) < 4.78 is 40.3. The van der Waals surface area contributed by atoms with Crippen molar-refractivity contribution >= 4 is 21.6 Å². The van der Waals surface area contributed by atoms with Gasteiger partial charge in [0.25, 0.3) is 5.91 Å². The minimum Gasteiger partial charge on any atom is -0.465 e. The van der Waals surface area contributed by atoms with E-state index in [9.17, 15) is 13.2 Å². The van der Waals surface area contributed by atoms with Crippen molar-refractivity contribution in [3.05, 3.63) is 59.8 Å². The summed E-state index contributed by atoms with van der Waals surface area (Å²) in [7, 11) is -1.78. The average molecular weight is 460 g/mol. The van der Waals surface area contributed by atoms with Gasteiger partial charge in [0, 0.05) is 43.2 Å². The molecule has 1 heterocycles. The van der Waals surface area contributed by atoms with Gasteiger partial charge in [-0.15, -0.1) is 0 Å². The van der Waals surface area contributed by atoms with Gasteiger partial charge in [-0.3, -0.25) is 9.89 Å². The van der Waals surface area contributed by atoms with Crippen LogP contribution in [0.2, 0.25) is 0 Å². The number of nitrogens with zero attached hydrogens (tertiary/aromatic N) is 1. The number of hydrogen-bond acceptors (Lipinski definition) is 7. The molecule has 2 N–H and O–H groups in total. The Morgan fingerprint density at radius 3 is 2.34 bits per heavy atom. The number of aromatic nitrogens is 2. The predicted octanol–water partition coefficient (Wildman–Crippen LogP) is 3.93. The molecule has 1 atom stereocenters. The van der Waals surface area contributed by atoms with Crippen LogP contribution in [0.1, 0.15) is 29.4 Å². The van der Waals surface area contributed by atoms with Crippen LogP contribution in [-0.4, -0.2) is 44.2 Å². The first-order valence-corrected chi connectivity index (χ1v) is 11.7. The Balaban J connectivity index is 1.89. The third kappa shape index (κ3) is 6.08. The predicted molar refractivity (Wildman–Crippen MR) is 119 cm³/mol. The van der Waals surface area contributed by atoms with Crippen LogP contribution < -0.4 is 14.8 Å². The van der Waals surface area contributed by atoms with Crippen LogP contribution in [0.5, 0.6) is 17.2 Å². The number of amides is 1. The second-order valence-electron chi connectivity index (χ2n) is 7.12. The number of H-pyrrole nitrogens is 1. The molecular formula is C22H25N3O6S. The lowest BCUT2D eigenvalue weighted by Gasteiger charge is -2.17. The maximum absolute atomic E-state index is 12.8. The van der Waals surface area contributed by atoms with Gasteiger partial charge in [-0.25, -0.2) is 8.42 Å². The molecule has 0 radical (unpaired) electrons. The van der Waals surface area contributed by atoms with Gasteiger partial charge in [0.05, 0.1) is 4.90 Å². The summed E-state index contributed by atoms with van der Waals surface area (Å²) in [6.45, 7) is 3.74. The molecule has 1 amide bonds. The molecular weight excluding hydrogens is 434 g/mol. The fourth-order valence-corrected chi connectivity index (χ4v) is 3.47. The molecule has 1 unspecified atom stereocenters. The van der Waals surface area contributed by atoms with Gasteiger partial charge in [-0.1, -0.05) is 6.92 Å². The summed E-state index contributed by atoms with van der Waals surface area (Å²) in [5.41, 5.74) is 1.10. The van der Waals surface area contributed by atoms with E-state index in [-0.39, 0.29) is 10.5 Å². The number of aromatic amines is 1. The van der Waals surface area contributed by atoms with Crippen molar-refractivity contribution in [3.63, 3.8) is 0 Å². The van der Waals surface area contributed by atoms with E-state index < -0.39 is 22.0 Å². The number of ether oxygens (including phenoxy) is 3. The number of nitrogens with one attached hydrogen (secondary N) is 2. The zero-order valence-corrected chi connectivity index (χ0v) is 19.0. The quantitative estimate of drug-likeness (QED) is 0.465. The summed E-state index contributed by atoms with van der Waals surface area (Å²) in [5.74, 6) is 1.12. The minimum absolute atomic E-state index is 0.183. The fraction of sp³-hybridized carbons (Fsp3) is 0.273. The maximum Gasteiger partial charge on any atom is 0.257 e. The number of rotatable bonds is 9. The van der Waals surface area contributed by atoms with Gasteiger partial charge < -0.3 is 19.5 Å². The topological polar surface area (TPSA) is 120 Å². The van der Waals surface area contributed by atoms with E-state index in [0.29, 0.717) is 29.5 Å². The van der Waals surface area contributed by atoms with E-state index in [4.69, 9.17) is 14.2 Å². The second kappa shape index (κ2) is 9.84. The first kappa shape index (κ1) is 23.3. The normalized spacial score (nSPS) is 12.2. The monoisotopic (exact) mass is 459 g/mol. The highest BCUT2D eigenvalue weighted by Crippen LogP contribution is 2.29. The van der Waals surface area contributed by atoms with Crippen LogP contribution in [0.15, 0.2) is 53.4 Å². The number of benzene rings is 2. The van der Waals surface area contributed by atoms with Crippen LogP contribution in [0, 0.1) is 6.92 Å². The van der Waals surface area contributed by atoms with Crippen molar-refractivity contribution < 1.29 is 27.4 Å². The minimum atomic E-state index is -3.32. The molecule has 170 valence electrons. The third-order valence-corrected chi connectivity index (χ3v) is 5.57. The van der Waals surface area contributed by atoms with E-state index in [1.807, 2.05) is 13.8 Å². The van der Waals surface area contributed by atoms with Crippen LogP contribution in [-0.2, 0) is 14.6 Å². The van der Waals surface area contributed by atoms with Gasteiger partial charge in [0.2, 0.25) is 0 Å². The number of anilines is 1. The number of sulfone groups is 1. The lowest BCUT2D eigenvalue weighted by molar-refractivity contribution is -0.0549. The molecule has 0 saturated heterocycles. The molecule has 0 aliphatic carbocycles. The SMILES string of the molecule is CCC(OC)Oc1cc(Oc2ccc(S(C)(=O)=O)cc2)cc(C(=O)Nc2cc(C)[nH]n2)c1. The molecule has 3 rings (SSSR count). The average Bonchev–Trinajstić information content (AvgIpc) is 3.16. The zero-order valence-electron chi connectivity index (χ0n) is 18.2. The Bertz CT molecular complexity index is 1180. The Morgan fingerprint density at radius 2 is 1.78 bits per heavy atom. The van der Waals surface area contributed by atoms with Crippen LogP contribution in [0.4, 0.5) is 5.82 Å². The highest BCUT2D eigenvalue weighted by Gasteiger charge is 2.15. The molecule has 32 heavy (non-hydrogen) atoms. The first-order chi connectivity index (χ1) is 15.2. The van der Waals surface area contributed by atoms with Crippen molar-refractivity contribution in [2.75, 3.05) is 18.7 Å². The van der Waals surface area contributed by atoms with Gasteiger partial charge in [0.15, 0.2) is 21.9 Å². The number of hydrogen-bond donors (Lipinski definition) is 2. The molecule has 9 nitrogen and oxygen atoms in total. The number of carbonyl (C=O) groups is 1. The highest BCUT2D eigenvalue weighted by molar-refractivity contribution is 7.90. The number of aryl methyl sites for hydroxylation is 1. The molecule has 0 spiro atoms. The van der Waals surface area contributed by atoms with Crippen LogP contribution in [0.3, 0.4) is 0 Å². The largest absolute Gasteiger partial charge is 0.465 e. The lowest BCUT2D eigenvalue weighted by Crippen LogP contribution is -2.18. The number of carbonyl (C=O) groups excluding carboxylic acids is 1. The Kier molecular flexibility index (Phi) is 7.16. The smallest absolute Gasteiger partial charge is 0.257 e. The van der Waals surface area contributed by atoms with Gasteiger partial charge in [0.1, 0.15) is 17.2 Å². The summed E-state index contributed by atoms with van der Waals surface area (Å²) in [4.78, 5) is 13.0. The van der Waals surface area contributed by atoms with Crippen molar-refractivity contribution in [3.8, 4) is 17.2 Å². The molecule has 10 heteroatoms. The second-order valence-corrected chi connectivity index (χ2v) is 9.14. The van der Waals surface area contributed by atoms with Gasteiger partial charge in [-0.2, -0.15) is 5.10 Å². The Morgan fingerprint density at radius 1 is 1.09 bits per heavy atom. The lowest BCUT2D eigenvalue weighted by atomic mass is 10.2. The van der Waals surface area contributed by atoms with E-state index in [1.54, 1.807) is 36.4 Å². The molecule has 0 bridgehead atoms. The standard InChI is InChI=1S/C22H25N3O6S/c1-5-21(29-3)31-18-12-15(22(26)23-20-10-14(2)24-25-20)11-17(13-18)30-16-6-8-19(9-7-16)32(4,27)28/h6-13,21H,5H2,1-4H3,(H2,23,24,25,26). The van der Waals surface area contributed by atoms with Gasteiger partial charge >= 0.3 is 0 Å². The fourth-order valence-electron chi connectivity index (χ4n) is 2.84. The van der Waals surface area contributed by atoms with Crippen LogP contribution in [0.25, 0.3) is 0 Å². The molecule has 1 aromatic heterocycles. The molecule has 2 aromatic carbocycles. The van der Waals surface area contributed by atoms with Crippen LogP contribution >= 0.6 is 0 Å². The Hall–Kier alpha value is -3.37.